The summed E-state index contributed by atoms with van der Waals surface area (Å²) in [5.74, 6) is -0.624. The molecule has 1 fully saturated rings. The summed E-state index contributed by atoms with van der Waals surface area (Å²) in [6.07, 6.45) is 8.78. The summed E-state index contributed by atoms with van der Waals surface area (Å²) in [6, 6.07) is 25.5. The smallest absolute Gasteiger partial charge is 0.303 e. The lowest BCUT2D eigenvalue weighted by atomic mass is 9.85. The molecule has 6 rings (SSSR count). The van der Waals surface area contributed by atoms with Crippen LogP contribution in [0.1, 0.15) is 71.4 Å². The van der Waals surface area contributed by atoms with Crippen molar-refractivity contribution in [1.82, 2.24) is 24.8 Å². The Hall–Kier alpha value is -4.98. The van der Waals surface area contributed by atoms with E-state index in [2.05, 4.69) is 22.1 Å². The van der Waals surface area contributed by atoms with Crippen molar-refractivity contribution in [3.63, 3.8) is 0 Å². The molecular weight excluding hydrogens is 538 g/mol. The molecule has 0 bridgehead atoms. The number of carboxylic acid groups (broad SMARTS) is 1. The van der Waals surface area contributed by atoms with E-state index in [1.54, 1.807) is 12.4 Å². The molecule has 0 spiro atoms. The molecular formula is C35H33N5O3. The fraction of sp³-hybridized carbons (Fsp3) is 0.257. The lowest BCUT2D eigenvalue weighted by Crippen LogP contribution is -2.40. The number of carbonyl (C=O) groups excluding carboxylic acids is 1. The number of fused-ring (bicyclic) bond motifs is 1. The average molecular weight is 572 g/mol. The Balaban J connectivity index is 1.31. The van der Waals surface area contributed by atoms with Gasteiger partial charge in [-0.25, -0.2) is 9.97 Å². The van der Waals surface area contributed by atoms with Crippen LogP contribution in [-0.2, 0) is 11.2 Å². The largest absolute Gasteiger partial charge is 0.481 e. The summed E-state index contributed by atoms with van der Waals surface area (Å²) < 4.78 is 0. The molecule has 2 unspecified atom stereocenters. The zero-order valence-corrected chi connectivity index (χ0v) is 23.8. The number of hydrogen-bond acceptors (Lipinski definition) is 6. The third-order valence-electron chi connectivity index (χ3n) is 8.13. The first-order valence-electron chi connectivity index (χ1n) is 14.8. The van der Waals surface area contributed by atoms with Gasteiger partial charge in [-0.1, -0.05) is 60.7 Å². The fourth-order valence-corrected chi connectivity index (χ4v) is 5.95. The highest BCUT2D eigenvalue weighted by molar-refractivity contribution is 5.98. The summed E-state index contributed by atoms with van der Waals surface area (Å²) in [7, 11) is 0. The van der Waals surface area contributed by atoms with Gasteiger partial charge < -0.3 is 10.0 Å². The Morgan fingerprint density at radius 1 is 0.884 bits per heavy atom. The van der Waals surface area contributed by atoms with Crippen LogP contribution in [-0.4, -0.2) is 48.4 Å². The van der Waals surface area contributed by atoms with E-state index in [0.717, 1.165) is 41.1 Å². The number of rotatable bonds is 9. The summed E-state index contributed by atoms with van der Waals surface area (Å²) in [6.45, 7) is 0.602. The number of unbranched alkanes of at least 4 members (excludes halogenated alkanes) is 1. The maximum absolute atomic E-state index is 14.1. The lowest BCUT2D eigenvalue weighted by molar-refractivity contribution is -0.137. The first-order valence-corrected chi connectivity index (χ1v) is 14.8. The molecule has 3 aromatic carbocycles. The average Bonchev–Trinajstić information content (AvgIpc) is 3.06. The van der Waals surface area contributed by atoms with Crippen molar-refractivity contribution in [1.29, 1.82) is 0 Å². The van der Waals surface area contributed by atoms with Crippen molar-refractivity contribution in [3.8, 4) is 11.3 Å². The third kappa shape index (κ3) is 6.43. The van der Waals surface area contributed by atoms with Crippen molar-refractivity contribution in [2.75, 3.05) is 6.54 Å². The van der Waals surface area contributed by atoms with Crippen LogP contribution in [0.25, 0.3) is 22.3 Å². The van der Waals surface area contributed by atoms with E-state index in [9.17, 15) is 9.59 Å². The molecule has 5 aromatic rings. The Labute approximate surface area is 250 Å². The van der Waals surface area contributed by atoms with Crippen molar-refractivity contribution in [3.05, 3.63) is 120 Å². The van der Waals surface area contributed by atoms with Gasteiger partial charge in [0.15, 0.2) is 0 Å². The number of benzene rings is 3. The number of aryl methyl sites for hydroxylation is 1. The monoisotopic (exact) mass is 571 g/mol. The molecule has 1 aliphatic heterocycles. The molecule has 8 nitrogen and oxygen atoms in total. The number of piperidine rings is 1. The molecule has 1 amide bonds. The molecule has 8 heteroatoms. The molecule has 1 N–H and O–H groups in total. The number of hydrogen-bond donors (Lipinski definition) is 1. The first-order chi connectivity index (χ1) is 21.1. The van der Waals surface area contributed by atoms with Gasteiger partial charge in [0.25, 0.3) is 5.91 Å². The van der Waals surface area contributed by atoms with Crippen molar-refractivity contribution >= 4 is 22.9 Å². The Bertz CT molecular complexity index is 1710. The minimum atomic E-state index is -0.800. The quantitative estimate of drug-likeness (QED) is 0.197. The molecule has 43 heavy (non-hydrogen) atoms. The number of likely N-dealkylation sites (tertiary alicyclic amines) is 1. The van der Waals surface area contributed by atoms with Crippen molar-refractivity contribution in [2.45, 2.75) is 50.5 Å². The van der Waals surface area contributed by atoms with Gasteiger partial charge in [0.05, 0.1) is 34.2 Å². The van der Waals surface area contributed by atoms with Crippen LogP contribution < -0.4 is 0 Å². The molecule has 3 heterocycles. The second kappa shape index (κ2) is 12.9. The van der Waals surface area contributed by atoms with Crippen LogP contribution in [0.4, 0.5) is 0 Å². The number of aliphatic carboxylic acids is 1. The van der Waals surface area contributed by atoms with Crippen LogP contribution in [0, 0.1) is 0 Å². The zero-order valence-electron chi connectivity index (χ0n) is 23.8. The van der Waals surface area contributed by atoms with E-state index in [1.807, 2.05) is 77.8 Å². The van der Waals surface area contributed by atoms with Gasteiger partial charge in [-0.3, -0.25) is 19.6 Å². The highest BCUT2D eigenvalue weighted by Gasteiger charge is 2.34. The molecule has 0 saturated carbocycles. The predicted molar refractivity (Wildman–Crippen MR) is 164 cm³/mol. The van der Waals surface area contributed by atoms with Crippen LogP contribution in [0.5, 0.6) is 0 Å². The maximum Gasteiger partial charge on any atom is 0.303 e. The normalized spacial score (nSPS) is 16.7. The van der Waals surface area contributed by atoms with Crippen LogP contribution in [0.3, 0.4) is 0 Å². The van der Waals surface area contributed by atoms with Gasteiger partial charge in [0.2, 0.25) is 0 Å². The Morgan fingerprint density at radius 3 is 2.42 bits per heavy atom. The SMILES string of the molecule is O=C(O)CCCCc1nc2cc(C(=O)N3CCC(c4cnccn4)CC3c3ccccc3)ccc2nc1-c1ccccc1. The molecule has 216 valence electrons. The van der Waals surface area contributed by atoms with E-state index >= 15 is 0 Å². The van der Waals surface area contributed by atoms with Gasteiger partial charge in [-0.15, -0.1) is 0 Å². The van der Waals surface area contributed by atoms with Gasteiger partial charge >= 0.3 is 5.97 Å². The molecule has 1 aliphatic rings. The van der Waals surface area contributed by atoms with Crippen molar-refractivity contribution in [2.24, 2.45) is 0 Å². The topological polar surface area (TPSA) is 109 Å². The first kappa shape index (κ1) is 28.2. The van der Waals surface area contributed by atoms with Gasteiger partial charge in [-0.05, 0) is 55.9 Å². The van der Waals surface area contributed by atoms with E-state index in [1.165, 1.54) is 0 Å². The molecule has 0 radical (unpaired) electrons. The summed E-state index contributed by atoms with van der Waals surface area (Å²) in [5, 5.41) is 9.07. The van der Waals surface area contributed by atoms with Gasteiger partial charge in [0.1, 0.15) is 0 Å². The standard InChI is InChI=1S/C35H33N5O3/c41-33(42)14-8-7-13-29-34(25-11-5-2-6-12-25)39-28-16-15-27(21-30(28)38-29)35(43)40-20-17-26(31-23-36-18-19-37-31)22-32(40)24-9-3-1-4-10-24/h1-6,9-12,15-16,18-19,21,23,26,32H,7-8,13-14,17,20,22H2,(H,41,42). The molecule has 1 saturated heterocycles. The Morgan fingerprint density at radius 2 is 1.67 bits per heavy atom. The van der Waals surface area contributed by atoms with E-state index in [0.29, 0.717) is 42.4 Å². The van der Waals surface area contributed by atoms with Crippen molar-refractivity contribution < 1.29 is 14.7 Å². The van der Waals surface area contributed by atoms with Crippen LogP contribution >= 0.6 is 0 Å². The second-order valence-electron chi connectivity index (χ2n) is 11.0. The minimum Gasteiger partial charge on any atom is -0.481 e. The highest BCUT2D eigenvalue weighted by Crippen LogP contribution is 2.39. The second-order valence-corrected chi connectivity index (χ2v) is 11.0. The number of aromatic nitrogens is 4. The van der Waals surface area contributed by atoms with E-state index in [4.69, 9.17) is 15.1 Å². The molecule has 2 atom stereocenters. The van der Waals surface area contributed by atoms with E-state index in [-0.39, 0.29) is 24.3 Å². The number of amides is 1. The summed E-state index contributed by atoms with van der Waals surface area (Å²) in [5.41, 5.74) is 6.56. The predicted octanol–water partition coefficient (Wildman–Crippen LogP) is 6.65. The van der Waals surface area contributed by atoms with Gasteiger partial charge in [-0.2, -0.15) is 0 Å². The van der Waals surface area contributed by atoms with E-state index < -0.39 is 5.97 Å². The van der Waals surface area contributed by atoms with Crippen LogP contribution in [0.15, 0.2) is 97.5 Å². The Kier molecular flexibility index (Phi) is 8.45. The number of carbonyl (C=O) groups is 2. The number of carboxylic acids is 1. The molecule has 0 aliphatic carbocycles. The summed E-state index contributed by atoms with van der Waals surface area (Å²) in [4.78, 5) is 45.9. The minimum absolute atomic E-state index is 0.0368. The zero-order chi connectivity index (χ0) is 29.6. The fourth-order valence-electron chi connectivity index (χ4n) is 5.95. The maximum atomic E-state index is 14.1. The van der Waals surface area contributed by atoms with Gasteiger partial charge in [0, 0.05) is 48.6 Å². The molecule has 2 aromatic heterocycles. The van der Waals surface area contributed by atoms with Crippen LogP contribution in [0.2, 0.25) is 0 Å². The lowest BCUT2D eigenvalue weighted by Gasteiger charge is -2.39. The summed E-state index contributed by atoms with van der Waals surface area (Å²) >= 11 is 0. The third-order valence-corrected chi connectivity index (χ3v) is 8.13. The highest BCUT2D eigenvalue weighted by atomic mass is 16.4. The number of nitrogens with zero attached hydrogens (tertiary/aromatic N) is 5.